The molecule has 1 aliphatic heterocycles. The van der Waals surface area contributed by atoms with E-state index in [1.54, 1.807) is 24.8 Å². The third-order valence-electron chi connectivity index (χ3n) is 6.65. The highest BCUT2D eigenvalue weighted by Crippen LogP contribution is 2.46. The first-order valence-corrected chi connectivity index (χ1v) is 11.1. The quantitative estimate of drug-likeness (QED) is 0.232. The zero-order chi connectivity index (χ0) is 24.2. The van der Waals surface area contributed by atoms with E-state index in [0.29, 0.717) is 38.8 Å². The van der Waals surface area contributed by atoms with Gasteiger partial charge in [-0.2, -0.15) is 5.26 Å². The third-order valence-corrected chi connectivity index (χ3v) is 6.65. The molecular formula is C26H29N3O4. The molecule has 33 heavy (non-hydrogen) atoms. The van der Waals surface area contributed by atoms with Crippen molar-refractivity contribution in [2.24, 2.45) is 10.6 Å². The van der Waals surface area contributed by atoms with Crippen molar-refractivity contribution >= 4 is 23.2 Å². The number of hydrogen-bond acceptors (Lipinski definition) is 6. The Balaban J connectivity index is 1.71. The molecule has 1 saturated carbocycles. The average Bonchev–Trinajstić information content (AvgIpc) is 2.75. The van der Waals surface area contributed by atoms with Gasteiger partial charge in [-0.15, -0.1) is 5.92 Å². The minimum absolute atomic E-state index is 0.0331. The molecule has 1 aromatic carbocycles. The molecular weight excluding hydrogens is 418 g/mol. The molecule has 1 aliphatic carbocycles. The fraction of sp³-hybridized carbons (Fsp3) is 0.500. The molecule has 2 aliphatic rings. The summed E-state index contributed by atoms with van der Waals surface area (Å²) in [6.07, 6.45) is 1.88. The zero-order valence-corrected chi connectivity index (χ0v) is 19.7. The van der Waals surface area contributed by atoms with Crippen LogP contribution in [0.15, 0.2) is 17.3 Å². The number of Topliss-reactive ketones (excluding diaryl/α,β-unsaturated/α-hetero) is 2. The fourth-order valence-electron chi connectivity index (χ4n) is 5.12. The molecule has 0 bridgehead atoms. The van der Waals surface area contributed by atoms with Crippen molar-refractivity contribution in [2.45, 2.75) is 59.3 Å². The minimum Gasteiger partial charge on any atom is -0.380 e. The lowest BCUT2D eigenvalue weighted by Crippen LogP contribution is -2.49. The zero-order valence-electron chi connectivity index (χ0n) is 19.7. The Morgan fingerprint density at radius 3 is 2.27 bits per heavy atom. The second-order valence-corrected chi connectivity index (χ2v) is 9.02. The van der Waals surface area contributed by atoms with E-state index in [4.69, 9.17) is 10.1 Å². The summed E-state index contributed by atoms with van der Waals surface area (Å²) in [6, 6.07) is 5.68. The summed E-state index contributed by atoms with van der Waals surface area (Å²) in [4.78, 5) is 45.6. The number of rotatable bonds is 4. The largest absolute Gasteiger partial charge is 0.380 e. The fourth-order valence-corrected chi connectivity index (χ4v) is 5.12. The summed E-state index contributed by atoms with van der Waals surface area (Å²) in [5.74, 6) is 4.89. The second kappa shape index (κ2) is 10.0. The normalized spacial score (nSPS) is 18.5. The van der Waals surface area contributed by atoms with Gasteiger partial charge in [0.25, 0.3) is 5.91 Å². The molecule has 0 atom stereocenters. The predicted octanol–water partition coefficient (Wildman–Crippen LogP) is 3.22. The van der Waals surface area contributed by atoms with E-state index >= 15 is 0 Å². The summed E-state index contributed by atoms with van der Waals surface area (Å²) < 4.78 is 0. The molecule has 1 heterocycles. The van der Waals surface area contributed by atoms with Crippen molar-refractivity contribution in [3.8, 4) is 17.9 Å². The molecule has 7 heteroatoms. The van der Waals surface area contributed by atoms with Crippen molar-refractivity contribution < 1.29 is 19.2 Å². The summed E-state index contributed by atoms with van der Waals surface area (Å²) in [7, 11) is 0. The number of oxime groups is 1. The van der Waals surface area contributed by atoms with Crippen LogP contribution in [0.3, 0.4) is 0 Å². The van der Waals surface area contributed by atoms with Crippen LogP contribution in [0, 0.1) is 42.4 Å². The van der Waals surface area contributed by atoms with Gasteiger partial charge in [0.2, 0.25) is 6.61 Å². The molecule has 0 aromatic heterocycles. The smallest absolute Gasteiger partial charge is 0.271 e. The number of carbonyl (C=O) groups is 3. The number of amides is 1. The number of hydrogen-bond donors (Lipinski definition) is 0. The molecule has 2 fully saturated rings. The Morgan fingerprint density at radius 1 is 1.18 bits per heavy atom. The Morgan fingerprint density at radius 2 is 1.76 bits per heavy atom. The van der Waals surface area contributed by atoms with Crippen LogP contribution in [0.1, 0.15) is 67.7 Å². The van der Waals surface area contributed by atoms with E-state index in [1.165, 1.54) is 0 Å². The van der Waals surface area contributed by atoms with Gasteiger partial charge in [0.15, 0.2) is 0 Å². The van der Waals surface area contributed by atoms with E-state index in [2.05, 4.69) is 17.0 Å². The summed E-state index contributed by atoms with van der Waals surface area (Å²) in [5.41, 5.74) is 3.34. The Hall–Kier alpha value is -3.45. The number of ketones is 2. The van der Waals surface area contributed by atoms with Crippen LogP contribution in [-0.2, 0) is 19.2 Å². The molecule has 0 N–H and O–H groups in total. The van der Waals surface area contributed by atoms with E-state index in [-0.39, 0.29) is 35.2 Å². The van der Waals surface area contributed by atoms with Crippen LogP contribution >= 0.6 is 0 Å². The van der Waals surface area contributed by atoms with E-state index in [9.17, 15) is 14.4 Å². The van der Waals surface area contributed by atoms with E-state index in [1.807, 2.05) is 26.0 Å². The standard InChI is InChI=1S/C26H29N3O4/c1-5-6-20-13-17(2)23(18(3)14-20)24-21(30)15-26(16-22(24)31)7-10-29(11-8-26)25(32)19(4)28-33-12-9-27/h13-14,24H,7-8,10-12,15-16H2,1-4H3. The van der Waals surface area contributed by atoms with Crippen LogP contribution in [-0.4, -0.2) is 47.8 Å². The van der Waals surface area contributed by atoms with Crippen LogP contribution in [0.25, 0.3) is 0 Å². The van der Waals surface area contributed by atoms with Crippen LogP contribution in [0.2, 0.25) is 0 Å². The molecule has 1 saturated heterocycles. The molecule has 0 unspecified atom stereocenters. The van der Waals surface area contributed by atoms with Crippen LogP contribution < -0.4 is 0 Å². The summed E-state index contributed by atoms with van der Waals surface area (Å²) in [6.45, 7) is 7.89. The average molecular weight is 448 g/mol. The number of aryl methyl sites for hydroxylation is 2. The molecule has 0 radical (unpaired) electrons. The summed E-state index contributed by atoms with van der Waals surface area (Å²) >= 11 is 0. The second-order valence-electron chi connectivity index (χ2n) is 9.02. The number of likely N-dealkylation sites (tertiary alicyclic amines) is 1. The maximum atomic E-state index is 13.3. The summed E-state index contributed by atoms with van der Waals surface area (Å²) in [5, 5.41) is 12.2. The van der Waals surface area contributed by atoms with E-state index in [0.717, 1.165) is 22.3 Å². The lowest BCUT2D eigenvalue weighted by atomic mass is 9.62. The van der Waals surface area contributed by atoms with Gasteiger partial charge in [-0.3, -0.25) is 14.4 Å². The third kappa shape index (κ3) is 5.14. The monoisotopic (exact) mass is 447 g/mol. The molecule has 7 nitrogen and oxygen atoms in total. The number of carbonyl (C=O) groups excluding carboxylic acids is 3. The van der Waals surface area contributed by atoms with Gasteiger partial charge in [0.1, 0.15) is 29.3 Å². The van der Waals surface area contributed by atoms with Crippen LogP contribution in [0.5, 0.6) is 0 Å². The van der Waals surface area contributed by atoms with E-state index < -0.39 is 5.92 Å². The van der Waals surface area contributed by atoms with Gasteiger partial charge in [-0.25, -0.2) is 0 Å². The highest BCUT2D eigenvalue weighted by Gasteiger charge is 2.47. The van der Waals surface area contributed by atoms with Crippen LogP contribution in [0.4, 0.5) is 0 Å². The number of benzene rings is 1. The van der Waals surface area contributed by atoms with Gasteiger partial charge in [-0.1, -0.05) is 11.1 Å². The van der Waals surface area contributed by atoms with Gasteiger partial charge in [0, 0.05) is 31.5 Å². The number of nitriles is 1. The van der Waals surface area contributed by atoms with Crippen molar-refractivity contribution in [1.82, 2.24) is 4.90 Å². The Bertz CT molecular complexity index is 1070. The molecule has 1 amide bonds. The SMILES string of the molecule is CC#Cc1cc(C)c(C2C(=O)CC3(CCN(C(=O)C(C)=NOCC#N)CC3)CC2=O)c(C)c1. The van der Waals surface area contributed by atoms with Crippen molar-refractivity contribution in [1.29, 1.82) is 5.26 Å². The van der Waals surface area contributed by atoms with Gasteiger partial charge in [0.05, 0.1) is 0 Å². The van der Waals surface area contributed by atoms with Crippen molar-refractivity contribution in [3.63, 3.8) is 0 Å². The highest BCUT2D eigenvalue weighted by atomic mass is 16.6. The first-order chi connectivity index (χ1) is 15.7. The van der Waals surface area contributed by atoms with Crippen molar-refractivity contribution in [2.75, 3.05) is 19.7 Å². The molecule has 1 aromatic rings. The molecule has 3 rings (SSSR count). The molecule has 172 valence electrons. The maximum Gasteiger partial charge on any atom is 0.271 e. The maximum absolute atomic E-state index is 13.3. The predicted molar refractivity (Wildman–Crippen MR) is 123 cm³/mol. The topological polar surface area (TPSA) is 99.8 Å². The minimum atomic E-state index is -0.717. The number of nitrogens with zero attached hydrogens (tertiary/aromatic N) is 3. The Labute approximate surface area is 194 Å². The highest BCUT2D eigenvalue weighted by molar-refractivity contribution is 6.37. The molecule has 1 spiro atoms. The first-order valence-electron chi connectivity index (χ1n) is 11.1. The number of piperidine rings is 1. The van der Waals surface area contributed by atoms with Gasteiger partial charge < -0.3 is 9.74 Å². The van der Waals surface area contributed by atoms with Gasteiger partial charge in [-0.05, 0) is 74.8 Å². The van der Waals surface area contributed by atoms with Gasteiger partial charge >= 0.3 is 0 Å². The van der Waals surface area contributed by atoms with Crippen molar-refractivity contribution in [3.05, 3.63) is 34.4 Å². The lowest BCUT2D eigenvalue weighted by Gasteiger charge is -2.44. The first kappa shape index (κ1) is 24.2. The lowest BCUT2D eigenvalue weighted by molar-refractivity contribution is -0.139. The Kier molecular flexibility index (Phi) is 7.33.